The molecule has 4 heterocycles. The Hall–Kier alpha value is -2.06. The molecule has 0 atom stereocenters. The number of anilines is 1. The number of H-pyrrole nitrogens is 1. The molecule has 0 radical (unpaired) electrons. The normalized spacial score (nSPS) is 13.9. The Labute approximate surface area is 144 Å². The summed E-state index contributed by atoms with van der Waals surface area (Å²) in [6, 6.07) is 3.91. The first-order valence-corrected chi connectivity index (χ1v) is 8.76. The number of hydrogen-bond donors (Lipinski definition) is 1. The fourth-order valence-electron chi connectivity index (χ4n) is 2.64. The Balaban J connectivity index is 1.67. The standard InChI is InChI=1S/C15H12BrN5OS/c16-10-3-6-23-13(10)11-1-4-17-15(20-11)21-5-2-9-12(7-21)18-8-19-14(9)22/h1,3-4,6,8H,2,5,7H2,(H,18,19,22). The van der Waals surface area contributed by atoms with Crippen LogP contribution in [0.4, 0.5) is 5.95 Å². The van der Waals surface area contributed by atoms with E-state index in [-0.39, 0.29) is 5.56 Å². The third-order valence-corrected chi connectivity index (χ3v) is 5.65. The molecule has 0 unspecified atom stereocenters. The van der Waals surface area contributed by atoms with Crippen LogP contribution in [0.1, 0.15) is 11.3 Å². The number of nitrogens with zero attached hydrogens (tertiary/aromatic N) is 4. The summed E-state index contributed by atoms with van der Waals surface area (Å²) in [6.45, 7) is 1.26. The lowest BCUT2D eigenvalue weighted by molar-refractivity contribution is 0.678. The summed E-state index contributed by atoms with van der Waals surface area (Å²) in [5, 5.41) is 2.02. The number of hydrogen-bond acceptors (Lipinski definition) is 6. The largest absolute Gasteiger partial charge is 0.335 e. The van der Waals surface area contributed by atoms with Crippen molar-refractivity contribution in [1.29, 1.82) is 0 Å². The first kappa shape index (κ1) is 14.5. The zero-order chi connectivity index (χ0) is 15.8. The number of thiophene rings is 1. The predicted octanol–water partition coefficient (Wildman–Crippen LogP) is 2.61. The Morgan fingerprint density at radius 2 is 2.22 bits per heavy atom. The minimum absolute atomic E-state index is 0.0492. The minimum atomic E-state index is -0.0492. The average Bonchev–Trinajstić information content (AvgIpc) is 3.01. The van der Waals surface area contributed by atoms with Crippen LogP contribution in [0.25, 0.3) is 10.6 Å². The smallest absolute Gasteiger partial charge is 0.254 e. The molecule has 0 fully saturated rings. The van der Waals surface area contributed by atoms with E-state index in [2.05, 4.69) is 40.8 Å². The summed E-state index contributed by atoms with van der Waals surface area (Å²) in [4.78, 5) is 30.9. The van der Waals surface area contributed by atoms with Crippen molar-refractivity contribution in [3.05, 3.63) is 56.1 Å². The lowest BCUT2D eigenvalue weighted by atomic mass is 10.1. The highest BCUT2D eigenvalue weighted by molar-refractivity contribution is 9.10. The average molecular weight is 390 g/mol. The Bertz CT molecular complexity index is 922. The molecule has 0 aliphatic carbocycles. The molecule has 0 bridgehead atoms. The third kappa shape index (κ3) is 2.68. The second-order valence-electron chi connectivity index (χ2n) is 5.17. The maximum atomic E-state index is 11.8. The number of aromatic nitrogens is 4. The minimum Gasteiger partial charge on any atom is -0.335 e. The van der Waals surface area contributed by atoms with Crippen molar-refractivity contribution in [1.82, 2.24) is 19.9 Å². The predicted molar refractivity (Wildman–Crippen MR) is 92.7 cm³/mol. The van der Waals surface area contributed by atoms with Gasteiger partial charge in [0.1, 0.15) is 0 Å². The van der Waals surface area contributed by atoms with Crippen LogP contribution in [0, 0.1) is 0 Å². The SMILES string of the molecule is O=c1[nH]cnc2c1CCN(c1nccc(-c3sccc3Br)n1)C2. The molecule has 8 heteroatoms. The van der Waals surface area contributed by atoms with Crippen LogP contribution >= 0.6 is 27.3 Å². The van der Waals surface area contributed by atoms with Gasteiger partial charge in [0.2, 0.25) is 5.95 Å². The molecule has 0 saturated carbocycles. The topological polar surface area (TPSA) is 74.8 Å². The highest BCUT2D eigenvalue weighted by atomic mass is 79.9. The zero-order valence-electron chi connectivity index (χ0n) is 12.0. The van der Waals surface area contributed by atoms with E-state index in [0.29, 0.717) is 25.5 Å². The van der Waals surface area contributed by atoms with Gasteiger partial charge in [0, 0.05) is 22.8 Å². The number of aromatic amines is 1. The van der Waals surface area contributed by atoms with E-state index in [1.54, 1.807) is 17.5 Å². The van der Waals surface area contributed by atoms with Crippen LogP contribution in [0.15, 0.2) is 39.3 Å². The van der Waals surface area contributed by atoms with E-state index in [9.17, 15) is 4.79 Å². The number of rotatable bonds is 2. The summed E-state index contributed by atoms with van der Waals surface area (Å²) in [7, 11) is 0. The Morgan fingerprint density at radius 3 is 3.04 bits per heavy atom. The highest BCUT2D eigenvalue weighted by Gasteiger charge is 2.22. The van der Waals surface area contributed by atoms with Crippen molar-refractivity contribution in [2.75, 3.05) is 11.4 Å². The van der Waals surface area contributed by atoms with Crippen molar-refractivity contribution in [3.8, 4) is 10.6 Å². The van der Waals surface area contributed by atoms with Gasteiger partial charge in [-0.2, -0.15) is 0 Å². The van der Waals surface area contributed by atoms with Gasteiger partial charge in [-0.25, -0.2) is 15.0 Å². The fourth-order valence-corrected chi connectivity index (χ4v) is 4.19. The molecule has 0 amide bonds. The van der Waals surface area contributed by atoms with E-state index in [1.165, 1.54) is 6.33 Å². The van der Waals surface area contributed by atoms with Crippen LogP contribution < -0.4 is 10.5 Å². The van der Waals surface area contributed by atoms with E-state index < -0.39 is 0 Å². The molecule has 3 aromatic rings. The van der Waals surface area contributed by atoms with Crippen molar-refractivity contribution in [2.24, 2.45) is 0 Å². The van der Waals surface area contributed by atoms with Crippen LogP contribution in [0.5, 0.6) is 0 Å². The molecule has 4 rings (SSSR count). The molecular formula is C15H12BrN5OS. The van der Waals surface area contributed by atoms with E-state index in [0.717, 1.165) is 26.3 Å². The summed E-state index contributed by atoms with van der Waals surface area (Å²) >= 11 is 5.18. The monoisotopic (exact) mass is 389 g/mol. The first-order valence-electron chi connectivity index (χ1n) is 7.09. The number of nitrogens with one attached hydrogen (secondary N) is 1. The Kier molecular flexibility index (Phi) is 3.70. The van der Waals surface area contributed by atoms with Gasteiger partial charge >= 0.3 is 0 Å². The van der Waals surface area contributed by atoms with Crippen LogP contribution in [0.2, 0.25) is 0 Å². The molecule has 1 N–H and O–H groups in total. The molecule has 116 valence electrons. The van der Waals surface area contributed by atoms with E-state index in [1.807, 2.05) is 17.5 Å². The zero-order valence-corrected chi connectivity index (χ0v) is 14.4. The number of fused-ring (bicyclic) bond motifs is 1. The molecule has 0 saturated heterocycles. The maximum Gasteiger partial charge on any atom is 0.254 e. The highest BCUT2D eigenvalue weighted by Crippen LogP contribution is 2.32. The van der Waals surface area contributed by atoms with E-state index in [4.69, 9.17) is 0 Å². The van der Waals surface area contributed by atoms with E-state index >= 15 is 0 Å². The van der Waals surface area contributed by atoms with Crippen LogP contribution in [0.3, 0.4) is 0 Å². The summed E-state index contributed by atoms with van der Waals surface area (Å²) in [5.41, 5.74) is 2.40. The van der Waals surface area contributed by atoms with Crippen molar-refractivity contribution >= 4 is 33.2 Å². The quantitative estimate of drug-likeness (QED) is 0.728. The second kappa shape index (κ2) is 5.86. The Morgan fingerprint density at radius 1 is 1.30 bits per heavy atom. The van der Waals surface area contributed by atoms with Gasteiger partial charge in [-0.1, -0.05) is 0 Å². The molecule has 3 aromatic heterocycles. The lowest BCUT2D eigenvalue weighted by Gasteiger charge is -2.27. The van der Waals surface area contributed by atoms with Gasteiger partial charge < -0.3 is 9.88 Å². The summed E-state index contributed by atoms with van der Waals surface area (Å²) in [5.74, 6) is 0.663. The first-order chi connectivity index (χ1) is 11.2. The molecular weight excluding hydrogens is 378 g/mol. The third-order valence-electron chi connectivity index (χ3n) is 3.79. The lowest BCUT2D eigenvalue weighted by Crippen LogP contribution is -2.35. The molecule has 0 aromatic carbocycles. The van der Waals surface area contributed by atoms with Gasteiger partial charge in [-0.3, -0.25) is 4.79 Å². The molecule has 1 aliphatic rings. The van der Waals surface area contributed by atoms with Gasteiger partial charge in [0.25, 0.3) is 5.56 Å². The molecule has 0 spiro atoms. The molecule has 6 nitrogen and oxygen atoms in total. The maximum absolute atomic E-state index is 11.8. The molecule has 23 heavy (non-hydrogen) atoms. The van der Waals surface area contributed by atoms with Crippen molar-refractivity contribution in [2.45, 2.75) is 13.0 Å². The molecule has 1 aliphatic heterocycles. The second-order valence-corrected chi connectivity index (χ2v) is 6.94. The van der Waals surface area contributed by atoms with Gasteiger partial charge in [-0.15, -0.1) is 11.3 Å². The summed E-state index contributed by atoms with van der Waals surface area (Å²) < 4.78 is 1.03. The van der Waals surface area contributed by atoms with Gasteiger partial charge in [0.15, 0.2) is 0 Å². The van der Waals surface area contributed by atoms with Crippen molar-refractivity contribution in [3.63, 3.8) is 0 Å². The van der Waals surface area contributed by atoms with Crippen LogP contribution in [-0.2, 0) is 13.0 Å². The number of halogens is 1. The van der Waals surface area contributed by atoms with Gasteiger partial charge in [-0.05, 0) is 39.9 Å². The fraction of sp³-hybridized carbons (Fsp3) is 0.200. The van der Waals surface area contributed by atoms with Crippen LogP contribution in [-0.4, -0.2) is 26.5 Å². The van der Waals surface area contributed by atoms with Gasteiger partial charge in [0.05, 0.1) is 29.1 Å². The van der Waals surface area contributed by atoms with Crippen molar-refractivity contribution < 1.29 is 0 Å². The summed E-state index contributed by atoms with van der Waals surface area (Å²) in [6.07, 6.45) is 3.87.